The number of anilines is 1. The van der Waals surface area contributed by atoms with E-state index in [9.17, 15) is 61.5 Å². The van der Waals surface area contributed by atoms with E-state index < -0.39 is 68.8 Å². The summed E-state index contributed by atoms with van der Waals surface area (Å²) in [4.78, 5) is 26.7. The van der Waals surface area contributed by atoms with Gasteiger partial charge < -0.3 is 19.6 Å². The van der Waals surface area contributed by atoms with E-state index >= 15 is 0 Å². The Labute approximate surface area is 404 Å². The maximum Gasteiger partial charge on any atom is 0.303 e. The molecular weight excluding hydrogens is 979 g/mol. The van der Waals surface area contributed by atoms with Crippen molar-refractivity contribution in [1.82, 2.24) is 4.90 Å². The van der Waals surface area contributed by atoms with Crippen molar-refractivity contribution in [3.8, 4) is 0 Å². The normalized spacial score (nSPS) is 18.4. The molecule has 0 spiro atoms. The summed E-state index contributed by atoms with van der Waals surface area (Å²) in [6.07, 6.45) is 10.3. The number of ether oxygens (including phenoxy) is 1. The third kappa shape index (κ3) is 14.2. The monoisotopic (exact) mass is 1040 g/mol. The van der Waals surface area contributed by atoms with Crippen LogP contribution in [0.3, 0.4) is 0 Å². The van der Waals surface area contributed by atoms with Crippen LogP contribution in [-0.4, -0.2) is 129 Å². The fourth-order valence-electron chi connectivity index (χ4n) is 8.98. The molecule has 23 heteroatoms. The number of rotatable bonds is 23. The number of carboxylic acids is 1. The van der Waals surface area contributed by atoms with Gasteiger partial charge in [-0.05, 0) is 118 Å². The molecule has 1 aliphatic carbocycles. The van der Waals surface area contributed by atoms with Crippen LogP contribution < -0.4 is 4.90 Å². The minimum absolute atomic E-state index is 0.0310. The molecule has 0 bridgehead atoms. The van der Waals surface area contributed by atoms with E-state index in [1.807, 2.05) is 61.5 Å². The van der Waals surface area contributed by atoms with Crippen LogP contribution in [0.5, 0.6) is 0 Å². The number of carboxylic acid groups (broad SMARTS) is 1. The molecule has 0 saturated carbocycles. The lowest BCUT2D eigenvalue weighted by Gasteiger charge is -2.28. The zero-order valence-electron chi connectivity index (χ0n) is 39.3. The first kappa shape index (κ1) is 55.2. The average Bonchev–Trinajstić information content (AvgIpc) is 3.58. The number of amides is 1. The smallest absolute Gasteiger partial charge is 0.303 e. The lowest BCUT2D eigenvalue weighted by atomic mass is 9.81. The molecule has 19 nitrogen and oxygen atoms in total. The van der Waals surface area contributed by atoms with Gasteiger partial charge in [-0.15, -0.1) is 0 Å². The Balaban J connectivity index is 1.61. The van der Waals surface area contributed by atoms with Crippen LogP contribution in [0.4, 0.5) is 11.4 Å². The first-order valence-electron chi connectivity index (χ1n) is 22.4. The molecule has 380 valence electrons. The number of likely N-dealkylation sites (N-methyl/N-ethyl adjacent to an activating group) is 1. The number of hydrogen-bond acceptors (Lipinski definition) is 12. The Bertz CT molecular complexity index is 2950. The number of aliphatic carboxylic acids is 1. The highest BCUT2D eigenvalue weighted by Crippen LogP contribution is 2.49. The highest BCUT2D eigenvalue weighted by atomic mass is 32.2. The van der Waals surface area contributed by atoms with Crippen molar-refractivity contribution in [3.05, 3.63) is 94.4 Å². The number of carbonyl (C=O) groups excluding carboxylic acids is 1. The van der Waals surface area contributed by atoms with Crippen LogP contribution in [0.2, 0.25) is 0 Å². The summed E-state index contributed by atoms with van der Waals surface area (Å²) in [6.45, 7) is 8.34. The van der Waals surface area contributed by atoms with E-state index in [2.05, 4.69) is 0 Å². The Morgan fingerprint density at radius 3 is 1.97 bits per heavy atom. The molecule has 69 heavy (non-hydrogen) atoms. The molecule has 2 aliphatic heterocycles. The van der Waals surface area contributed by atoms with Gasteiger partial charge in [0.25, 0.3) is 40.5 Å². The molecule has 0 fully saturated rings. The maximum atomic E-state index is 12.9. The molecule has 0 aromatic heterocycles. The zero-order chi connectivity index (χ0) is 51.3. The molecule has 0 radical (unpaired) electrons. The van der Waals surface area contributed by atoms with Gasteiger partial charge in [0.05, 0.1) is 33.3 Å². The van der Waals surface area contributed by atoms with Gasteiger partial charge in [-0.3, -0.25) is 27.8 Å². The van der Waals surface area contributed by atoms with Crippen molar-refractivity contribution < 1.29 is 75.9 Å². The zero-order valence-corrected chi connectivity index (χ0v) is 42.6. The number of carbonyl (C=O) groups is 2. The van der Waals surface area contributed by atoms with Gasteiger partial charge in [0.2, 0.25) is 11.6 Å². The van der Waals surface area contributed by atoms with Crippen molar-refractivity contribution in [1.29, 1.82) is 0 Å². The molecule has 1 amide bonds. The van der Waals surface area contributed by atoms with E-state index in [1.165, 1.54) is 29.2 Å². The summed E-state index contributed by atoms with van der Waals surface area (Å²) in [5.41, 5.74) is 3.74. The molecule has 5 rings (SSSR count). The number of unbranched alkanes of at least 4 members (excludes halogenated alkanes) is 2. The Hall–Kier alpha value is -4.75. The Morgan fingerprint density at radius 1 is 0.754 bits per heavy atom. The standard InChI is InChI=1S/C46H61N3O16S4/c1-45(2)36-30-34(68(59,60)61)18-20-38(36)48(24-6-8-28-66(53,54)55)40(45)22-16-32-12-10-13-33(44(32)65-27-26-47(5)42(50)14-11-15-43(51)52)17-23-41-46(3,4)37-31-35(69(62,63)64)19-21-39(37)49(41)25-7-9-29-67(56,57)58/h16-23,30-31H,6-15,24-29H2,1-5H3,(H4-,51,52,53,54,55,56,57,58,59,60,61,62,63,64)/p+1. The van der Waals surface area contributed by atoms with Crippen LogP contribution in [0.1, 0.15) is 103 Å². The predicted molar refractivity (Wildman–Crippen MR) is 258 cm³/mol. The largest absolute Gasteiger partial charge is 0.491 e. The van der Waals surface area contributed by atoms with Crippen molar-refractivity contribution in [2.45, 2.75) is 113 Å². The molecular formula is C46H62N3O16S4+. The molecule has 2 heterocycles. The molecule has 3 aliphatic rings. The van der Waals surface area contributed by atoms with Crippen LogP contribution >= 0.6 is 0 Å². The summed E-state index contributed by atoms with van der Waals surface area (Å²) < 4.78 is 142. The number of allylic oxidation sites excluding steroid dienone is 7. The highest BCUT2D eigenvalue weighted by molar-refractivity contribution is 7.86. The van der Waals surface area contributed by atoms with Gasteiger partial charge in [-0.25, -0.2) is 0 Å². The average molecular weight is 1040 g/mol. The second-order valence-corrected chi connectivity index (χ2v) is 24.4. The van der Waals surface area contributed by atoms with Crippen molar-refractivity contribution in [2.75, 3.05) is 49.7 Å². The first-order valence-corrected chi connectivity index (χ1v) is 28.5. The van der Waals surface area contributed by atoms with E-state index in [-0.39, 0.29) is 61.0 Å². The molecule has 0 saturated heterocycles. The van der Waals surface area contributed by atoms with Crippen molar-refractivity contribution >= 4 is 69.4 Å². The summed E-state index contributed by atoms with van der Waals surface area (Å²) in [7, 11) is -16.0. The topological polar surface area (TPSA) is 291 Å². The van der Waals surface area contributed by atoms with Gasteiger partial charge in [0.15, 0.2) is 5.71 Å². The maximum absolute atomic E-state index is 12.9. The fraction of sp³-hybridized carbons (Fsp3) is 0.500. The summed E-state index contributed by atoms with van der Waals surface area (Å²) >= 11 is 0. The summed E-state index contributed by atoms with van der Waals surface area (Å²) in [6, 6.07) is 8.55. The minimum Gasteiger partial charge on any atom is -0.491 e. The quantitative estimate of drug-likeness (QED) is 0.0469. The van der Waals surface area contributed by atoms with Crippen molar-refractivity contribution in [2.24, 2.45) is 0 Å². The molecule has 2 aromatic carbocycles. The van der Waals surface area contributed by atoms with Crippen molar-refractivity contribution in [3.63, 3.8) is 0 Å². The Morgan fingerprint density at radius 2 is 1.36 bits per heavy atom. The van der Waals surface area contributed by atoms with Crippen LogP contribution in [0.25, 0.3) is 0 Å². The van der Waals surface area contributed by atoms with Gasteiger partial charge in [0, 0.05) is 67.4 Å². The highest BCUT2D eigenvalue weighted by Gasteiger charge is 2.45. The molecule has 0 atom stereocenters. The van der Waals surface area contributed by atoms with Gasteiger partial charge >= 0.3 is 5.97 Å². The number of hydrogen-bond donors (Lipinski definition) is 5. The third-order valence-electron chi connectivity index (χ3n) is 12.6. The predicted octanol–water partition coefficient (Wildman–Crippen LogP) is 6.22. The lowest BCUT2D eigenvalue weighted by Crippen LogP contribution is -2.30. The third-order valence-corrected chi connectivity index (χ3v) is 15.9. The Kier molecular flexibility index (Phi) is 17.4. The van der Waals surface area contributed by atoms with E-state index in [4.69, 9.17) is 9.84 Å². The molecule has 5 N–H and O–H groups in total. The SMILES string of the molecule is CN(CCOC1=C(C=CC2=[N+](CCCCS(=O)(=O)O)c3ccc(S(=O)(=O)O)cc3C2(C)C)CCCC1=CC=C1N(CCCCS(=O)(=O)O)c2ccc(S(=O)(=O)O)cc2C1(C)C)C(=O)CCCC(=O)O. The number of benzene rings is 2. The summed E-state index contributed by atoms with van der Waals surface area (Å²) in [5.74, 6) is -1.67. The lowest BCUT2D eigenvalue weighted by molar-refractivity contribution is -0.438. The first-order chi connectivity index (χ1) is 31.9. The van der Waals surface area contributed by atoms with Crippen LogP contribution in [0, 0.1) is 0 Å². The van der Waals surface area contributed by atoms with Gasteiger partial charge in [-0.2, -0.15) is 38.2 Å². The second-order valence-electron chi connectivity index (χ2n) is 18.4. The fourth-order valence-corrected chi connectivity index (χ4v) is 11.1. The van der Waals surface area contributed by atoms with E-state index in [0.717, 1.165) is 11.1 Å². The second kappa shape index (κ2) is 21.7. The number of nitrogens with zero attached hydrogens (tertiary/aromatic N) is 3. The van der Waals surface area contributed by atoms with Gasteiger partial charge in [0.1, 0.15) is 18.9 Å². The van der Waals surface area contributed by atoms with Crippen LogP contribution in [-0.2, 0) is 65.6 Å². The molecule has 2 aromatic rings. The van der Waals surface area contributed by atoms with Crippen LogP contribution in [0.15, 0.2) is 93.1 Å². The van der Waals surface area contributed by atoms with E-state index in [0.29, 0.717) is 84.9 Å². The van der Waals surface area contributed by atoms with Gasteiger partial charge in [-0.1, -0.05) is 19.9 Å². The molecule has 0 unspecified atom stereocenters. The number of fused-ring (bicyclic) bond motifs is 2. The summed E-state index contributed by atoms with van der Waals surface area (Å²) in [5, 5.41) is 9.04. The van der Waals surface area contributed by atoms with E-state index in [1.54, 1.807) is 19.2 Å². The minimum atomic E-state index is -4.57.